The highest BCUT2D eigenvalue weighted by molar-refractivity contribution is 7.07. The van der Waals surface area contributed by atoms with Gasteiger partial charge in [0.05, 0.1) is 27.0 Å². The van der Waals surface area contributed by atoms with E-state index in [1.807, 2.05) is 29.1 Å². The van der Waals surface area contributed by atoms with Gasteiger partial charge in [0.1, 0.15) is 0 Å². The Morgan fingerprint density at radius 3 is 2.18 bits per heavy atom. The lowest BCUT2D eigenvalue weighted by Crippen LogP contribution is -2.14. The molecule has 6 nitrogen and oxygen atoms in total. The molecule has 3 rings (SSSR count). The van der Waals surface area contributed by atoms with Crippen LogP contribution in [0.2, 0.25) is 5.02 Å². The highest BCUT2D eigenvalue weighted by atomic mass is 35.5. The van der Waals surface area contributed by atoms with Crippen molar-refractivity contribution in [3.63, 3.8) is 0 Å². The van der Waals surface area contributed by atoms with Gasteiger partial charge in [-0.25, -0.2) is 0 Å². The van der Waals surface area contributed by atoms with Crippen LogP contribution in [-0.2, 0) is 7.05 Å². The van der Waals surface area contributed by atoms with Crippen LogP contribution in [0.4, 0.5) is 0 Å². The maximum Gasteiger partial charge on any atom is 0.279 e. The van der Waals surface area contributed by atoms with Crippen molar-refractivity contribution >= 4 is 28.8 Å². The summed E-state index contributed by atoms with van der Waals surface area (Å²) in [6.07, 6.45) is 0. The summed E-state index contributed by atoms with van der Waals surface area (Å²) in [7, 11) is 6.55. The molecule has 0 aliphatic carbocycles. The molecule has 0 unspecified atom stereocenters. The largest absolute Gasteiger partial charge is 0.493 e. The Labute approximate surface area is 171 Å². The number of carbonyl (C=O) groups is 1. The molecule has 28 heavy (non-hydrogen) atoms. The molecule has 0 atom stereocenters. The molecule has 1 heterocycles. The molecule has 146 valence electrons. The number of thiazole rings is 1. The van der Waals surface area contributed by atoms with Crippen LogP contribution in [0.25, 0.3) is 11.3 Å². The van der Waals surface area contributed by atoms with Crippen LogP contribution in [0.1, 0.15) is 10.4 Å². The molecule has 0 saturated carbocycles. The summed E-state index contributed by atoms with van der Waals surface area (Å²) in [6.45, 7) is 0. The molecule has 0 radical (unpaired) electrons. The van der Waals surface area contributed by atoms with E-state index in [4.69, 9.17) is 25.8 Å². The van der Waals surface area contributed by atoms with Crippen LogP contribution in [0.5, 0.6) is 17.2 Å². The Morgan fingerprint density at radius 1 is 1.04 bits per heavy atom. The van der Waals surface area contributed by atoms with Gasteiger partial charge >= 0.3 is 0 Å². The number of halogens is 1. The summed E-state index contributed by atoms with van der Waals surface area (Å²) in [5, 5.41) is 2.50. The zero-order chi connectivity index (χ0) is 20.3. The third kappa shape index (κ3) is 3.90. The van der Waals surface area contributed by atoms with Crippen LogP contribution in [0, 0.1) is 0 Å². The van der Waals surface area contributed by atoms with Crippen molar-refractivity contribution in [1.82, 2.24) is 4.57 Å². The lowest BCUT2D eigenvalue weighted by atomic mass is 10.1. The molecule has 0 aliphatic heterocycles. The molecule has 2 aromatic carbocycles. The van der Waals surface area contributed by atoms with E-state index in [2.05, 4.69) is 4.99 Å². The second kappa shape index (κ2) is 8.50. The highest BCUT2D eigenvalue weighted by Crippen LogP contribution is 2.41. The number of nitrogens with zero attached hydrogens (tertiary/aromatic N) is 2. The van der Waals surface area contributed by atoms with E-state index in [0.717, 1.165) is 11.3 Å². The Balaban J connectivity index is 2.04. The molecule has 8 heteroatoms. The minimum atomic E-state index is -0.328. The SMILES string of the molecule is COc1cc(-c2cs/c(=N/C(=O)c3ccc(Cl)cc3)n2C)cc(OC)c1OC. The number of hydrogen-bond donors (Lipinski definition) is 0. The smallest absolute Gasteiger partial charge is 0.279 e. The number of aromatic nitrogens is 1. The molecular weight excluding hydrogens is 400 g/mol. The van der Waals surface area contributed by atoms with Crippen LogP contribution in [0.3, 0.4) is 0 Å². The van der Waals surface area contributed by atoms with Gasteiger partial charge in [-0.3, -0.25) is 4.79 Å². The minimum absolute atomic E-state index is 0.328. The third-order valence-electron chi connectivity index (χ3n) is 4.17. The number of methoxy groups -OCH3 is 3. The van der Waals surface area contributed by atoms with E-state index in [-0.39, 0.29) is 5.91 Å². The lowest BCUT2D eigenvalue weighted by Gasteiger charge is -2.14. The number of benzene rings is 2. The Bertz CT molecular complexity index is 1050. The molecular formula is C20H19ClN2O4S. The van der Waals surface area contributed by atoms with Gasteiger partial charge in [-0.15, -0.1) is 11.3 Å². The first-order chi connectivity index (χ1) is 13.5. The monoisotopic (exact) mass is 418 g/mol. The van der Waals surface area contributed by atoms with Crippen molar-refractivity contribution in [1.29, 1.82) is 0 Å². The maximum absolute atomic E-state index is 12.4. The Kier molecular flexibility index (Phi) is 6.06. The van der Waals surface area contributed by atoms with Crippen LogP contribution < -0.4 is 19.0 Å². The fourth-order valence-electron chi connectivity index (χ4n) is 2.71. The van der Waals surface area contributed by atoms with Crippen molar-refractivity contribution in [3.8, 4) is 28.5 Å². The number of hydrogen-bond acceptors (Lipinski definition) is 5. The lowest BCUT2D eigenvalue weighted by molar-refractivity contribution is 0.0998. The van der Waals surface area contributed by atoms with E-state index in [1.165, 1.54) is 11.3 Å². The Morgan fingerprint density at radius 2 is 1.64 bits per heavy atom. The highest BCUT2D eigenvalue weighted by Gasteiger charge is 2.16. The molecule has 0 fully saturated rings. The fourth-order valence-corrected chi connectivity index (χ4v) is 3.73. The average Bonchev–Trinajstić information content (AvgIpc) is 3.07. The van der Waals surface area contributed by atoms with Crippen LogP contribution >= 0.6 is 22.9 Å². The van der Waals surface area contributed by atoms with Crippen LogP contribution in [0.15, 0.2) is 46.8 Å². The molecule has 0 N–H and O–H groups in total. The summed E-state index contributed by atoms with van der Waals surface area (Å²) in [4.78, 5) is 17.2. The Hall–Kier alpha value is -2.77. The van der Waals surface area contributed by atoms with Crippen molar-refractivity contribution in [2.24, 2.45) is 12.0 Å². The first kappa shape index (κ1) is 20.0. The number of amides is 1. The predicted octanol–water partition coefficient (Wildman–Crippen LogP) is 4.17. The summed E-state index contributed by atoms with van der Waals surface area (Å²) in [5.74, 6) is 1.30. The molecule has 0 spiro atoms. The fraction of sp³-hybridized carbons (Fsp3) is 0.200. The first-order valence-electron chi connectivity index (χ1n) is 8.28. The van der Waals surface area contributed by atoms with Gasteiger partial charge in [0.15, 0.2) is 16.3 Å². The van der Waals surface area contributed by atoms with Crippen molar-refractivity contribution in [3.05, 3.63) is 57.2 Å². The van der Waals surface area contributed by atoms with Crippen LogP contribution in [-0.4, -0.2) is 31.8 Å². The molecule has 3 aromatic rings. The second-order valence-corrected chi connectivity index (χ2v) is 7.07. The zero-order valence-electron chi connectivity index (χ0n) is 15.9. The van der Waals surface area contributed by atoms with Crippen molar-refractivity contribution in [2.45, 2.75) is 0 Å². The van der Waals surface area contributed by atoms with E-state index < -0.39 is 0 Å². The standard InChI is InChI=1S/C20H19ClN2O4S/c1-23-15(13-9-16(25-2)18(27-4)17(10-13)26-3)11-28-20(23)22-19(24)12-5-7-14(21)8-6-12/h5-11H,1-4H3/b22-20+. The molecule has 0 bridgehead atoms. The van der Waals surface area contributed by atoms with Gasteiger partial charge < -0.3 is 18.8 Å². The van der Waals surface area contributed by atoms with Crippen molar-refractivity contribution < 1.29 is 19.0 Å². The van der Waals surface area contributed by atoms with Gasteiger partial charge in [-0.2, -0.15) is 4.99 Å². The molecule has 0 saturated heterocycles. The van der Waals surface area contributed by atoms with E-state index in [9.17, 15) is 4.79 Å². The number of carbonyl (C=O) groups excluding carboxylic acids is 1. The predicted molar refractivity (Wildman–Crippen MR) is 110 cm³/mol. The van der Waals surface area contributed by atoms with E-state index >= 15 is 0 Å². The van der Waals surface area contributed by atoms with Gasteiger partial charge in [0.2, 0.25) is 5.75 Å². The average molecular weight is 419 g/mol. The molecule has 0 aliphatic rings. The van der Waals surface area contributed by atoms with Gasteiger partial charge in [-0.1, -0.05) is 11.6 Å². The molecule has 1 aromatic heterocycles. The third-order valence-corrected chi connectivity index (χ3v) is 5.34. The normalized spacial score (nSPS) is 11.4. The summed E-state index contributed by atoms with van der Waals surface area (Å²) in [6, 6.07) is 10.4. The topological polar surface area (TPSA) is 62.0 Å². The summed E-state index contributed by atoms with van der Waals surface area (Å²) in [5.41, 5.74) is 2.20. The van der Waals surface area contributed by atoms with Gasteiger partial charge in [-0.05, 0) is 36.4 Å². The zero-order valence-corrected chi connectivity index (χ0v) is 17.4. The van der Waals surface area contributed by atoms with E-state index in [1.54, 1.807) is 45.6 Å². The minimum Gasteiger partial charge on any atom is -0.493 e. The number of rotatable bonds is 5. The quantitative estimate of drug-likeness (QED) is 0.623. The second-order valence-electron chi connectivity index (χ2n) is 5.80. The van der Waals surface area contributed by atoms with Gasteiger partial charge in [0.25, 0.3) is 5.91 Å². The van der Waals surface area contributed by atoms with E-state index in [0.29, 0.717) is 32.6 Å². The summed E-state index contributed by atoms with van der Waals surface area (Å²) >= 11 is 7.24. The number of ether oxygens (including phenoxy) is 3. The van der Waals surface area contributed by atoms with Crippen molar-refractivity contribution in [2.75, 3.05) is 21.3 Å². The summed E-state index contributed by atoms with van der Waals surface area (Å²) < 4.78 is 18.1. The van der Waals surface area contributed by atoms with Gasteiger partial charge in [0, 0.05) is 28.6 Å². The maximum atomic E-state index is 12.4. The molecule has 1 amide bonds. The first-order valence-corrected chi connectivity index (χ1v) is 9.53.